The molecule has 69 heavy (non-hydrogen) atoms. The minimum atomic E-state index is -0.225. The summed E-state index contributed by atoms with van der Waals surface area (Å²) < 4.78 is 2.57. The number of aromatic nitrogens is 1. The van der Waals surface area contributed by atoms with Crippen LogP contribution < -0.4 is 4.90 Å². The molecule has 0 saturated heterocycles. The van der Waals surface area contributed by atoms with E-state index in [1.807, 2.05) is 0 Å². The highest BCUT2D eigenvalue weighted by Gasteiger charge is 2.37. The van der Waals surface area contributed by atoms with Gasteiger partial charge in [0, 0.05) is 44.8 Å². The maximum atomic E-state index is 2.57. The van der Waals surface area contributed by atoms with Crippen molar-refractivity contribution in [2.24, 2.45) is 0 Å². The SMILES string of the molecule is CC1(C)c2cc(-c3ccc4c(c3)c3c(n4-c4ccccc4)CC4CCc5cccc6ccc-3c4c56)ccc2-c2ccc(N(c3ccc(-c4ccccc4)cc3)c3ccc(-c4ccccc4)cc3)cc21. The van der Waals surface area contributed by atoms with Crippen molar-refractivity contribution in [2.75, 3.05) is 4.90 Å². The summed E-state index contributed by atoms with van der Waals surface area (Å²) in [4.78, 5) is 2.42. The highest BCUT2D eigenvalue weighted by atomic mass is 15.1. The zero-order valence-electron chi connectivity index (χ0n) is 39.0. The third-order valence-corrected chi connectivity index (χ3v) is 15.8. The second-order valence-electron chi connectivity index (χ2n) is 20.0. The van der Waals surface area contributed by atoms with Crippen molar-refractivity contribution in [3.63, 3.8) is 0 Å². The van der Waals surface area contributed by atoms with Gasteiger partial charge >= 0.3 is 0 Å². The van der Waals surface area contributed by atoms with Crippen LogP contribution in [0.25, 0.3) is 83.0 Å². The molecular formula is C67H50N2. The predicted octanol–water partition coefficient (Wildman–Crippen LogP) is 17.8. The lowest BCUT2D eigenvalue weighted by Crippen LogP contribution is -2.18. The Bertz CT molecular complexity index is 3720. The van der Waals surface area contributed by atoms with E-state index < -0.39 is 0 Å². The molecule has 1 atom stereocenters. The number of para-hydroxylation sites is 1. The fourth-order valence-electron chi connectivity index (χ4n) is 12.5. The van der Waals surface area contributed by atoms with Crippen LogP contribution in [-0.2, 0) is 18.3 Å². The van der Waals surface area contributed by atoms with Crippen LogP contribution in [0.5, 0.6) is 0 Å². The van der Waals surface area contributed by atoms with Crippen LogP contribution in [-0.4, -0.2) is 4.57 Å². The van der Waals surface area contributed by atoms with E-state index in [0.29, 0.717) is 5.92 Å². The first kappa shape index (κ1) is 39.9. The van der Waals surface area contributed by atoms with Crippen LogP contribution in [0.15, 0.2) is 224 Å². The van der Waals surface area contributed by atoms with Gasteiger partial charge in [0.05, 0.1) is 5.52 Å². The number of fused-ring (bicyclic) bond motifs is 7. The Morgan fingerprint density at radius 1 is 0.464 bits per heavy atom. The van der Waals surface area contributed by atoms with Gasteiger partial charge in [0.2, 0.25) is 0 Å². The first-order valence-corrected chi connectivity index (χ1v) is 24.6. The fourth-order valence-corrected chi connectivity index (χ4v) is 12.5. The number of hydrogen-bond acceptors (Lipinski definition) is 1. The summed E-state index contributed by atoms with van der Waals surface area (Å²) in [6.07, 6.45) is 3.39. The van der Waals surface area contributed by atoms with Crippen molar-refractivity contribution in [2.45, 2.75) is 44.4 Å². The van der Waals surface area contributed by atoms with Gasteiger partial charge in [-0.25, -0.2) is 0 Å². The third kappa shape index (κ3) is 6.25. The second-order valence-corrected chi connectivity index (χ2v) is 20.0. The van der Waals surface area contributed by atoms with E-state index in [1.165, 1.54) is 112 Å². The molecule has 2 heteroatoms. The molecule has 14 rings (SSSR count). The van der Waals surface area contributed by atoms with E-state index in [2.05, 4.69) is 248 Å². The number of aryl methyl sites for hydroxylation is 1. The van der Waals surface area contributed by atoms with Gasteiger partial charge in [-0.05, 0) is 175 Å². The number of rotatable bonds is 7. The first-order chi connectivity index (χ1) is 34.0. The summed E-state index contributed by atoms with van der Waals surface area (Å²) in [5, 5.41) is 4.22. The Kier molecular flexibility index (Phi) is 8.92. The number of anilines is 3. The summed E-state index contributed by atoms with van der Waals surface area (Å²) in [5.74, 6) is 0.519. The van der Waals surface area contributed by atoms with Crippen molar-refractivity contribution in [1.82, 2.24) is 4.57 Å². The van der Waals surface area contributed by atoms with Gasteiger partial charge in [0.25, 0.3) is 0 Å². The zero-order chi connectivity index (χ0) is 45.8. The lowest BCUT2D eigenvalue weighted by atomic mass is 9.72. The van der Waals surface area contributed by atoms with Crippen LogP contribution >= 0.6 is 0 Å². The Hall–Kier alpha value is -8.20. The topological polar surface area (TPSA) is 8.17 Å². The van der Waals surface area contributed by atoms with E-state index in [-0.39, 0.29) is 5.41 Å². The van der Waals surface area contributed by atoms with Crippen molar-refractivity contribution in [1.29, 1.82) is 0 Å². The fraction of sp³-hybridized carbons (Fsp3) is 0.104. The molecule has 11 aromatic rings. The molecule has 1 heterocycles. The molecule has 0 saturated carbocycles. The molecule has 3 aliphatic rings. The monoisotopic (exact) mass is 882 g/mol. The van der Waals surface area contributed by atoms with Crippen LogP contribution in [0.2, 0.25) is 0 Å². The van der Waals surface area contributed by atoms with E-state index >= 15 is 0 Å². The molecule has 0 N–H and O–H groups in total. The summed E-state index contributed by atoms with van der Waals surface area (Å²) in [7, 11) is 0. The average molecular weight is 883 g/mol. The summed E-state index contributed by atoms with van der Waals surface area (Å²) in [6.45, 7) is 4.82. The van der Waals surface area contributed by atoms with E-state index in [0.717, 1.165) is 29.9 Å². The molecule has 0 fully saturated rings. The first-order valence-electron chi connectivity index (χ1n) is 24.6. The van der Waals surface area contributed by atoms with Gasteiger partial charge in [-0.15, -0.1) is 0 Å². The van der Waals surface area contributed by atoms with Gasteiger partial charge in [0.15, 0.2) is 0 Å². The molecule has 10 aromatic carbocycles. The maximum Gasteiger partial charge on any atom is 0.0538 e. The molecule has 0 radical (unpaired) electrons. The van der Waals surface area contributed by atoms with Crippen LogP contribution in [0, 0.1) is 0 Å². The lowest BCUT2D eigenvalue weighted by molar-refractivity contribution is 0.596. The van der Waals surface area contributed by atoms with E-state index in [4.69, 9.17) is 0 Å². The van der Waals surface area contributed by atoms with Crippen LogP contribution in [0.4, 0.5) is 17.1 Å². The molecule has 1 aromatic heterocycles. The number of benzene rings is 10. The standard InChI is InChI=1S/C67H50N2/c1-67(2)60-40-50(49-29-38-62-59(39-49)66-58-36-27-48-18-12-17-47-21-22-51(65(58)64(47)48)41-63(66)69(62)52-19-10-5-11-20-52)28-35-56(60)57-37-34-55(42-61(57)67)68(53-30-23-45(24-31-53)43-13-6-3-7-14-43)54-32-25-46(26-33-54)44-15-8-4-9-16-44/h3-20,23-40,42,51H,21-22,41H2,1-2H3. The minimum Gasteiger partial charge on any atom is -0.313 e. The molecule has 328 valence electrons. The predicted molar refractivity (Wildman–Crippen MR) is 290 cm³/mol. The molecule has 0 aliphatic heterocycles. The van der Waals surface area contributed by atoms with Crippen molar-refractivity contribution < 1.29 is 0 Å². The molecule has 0 amide bonds. The lowest BCUT2D eigenvalue weighted by Gasteiger charge is -2.33. The Morgan fingerprint density at radius 2 is 1.01 bits per heavy atom. The quantitative estimate of drug-likeness (QED) is 0.155. The normalized spacial score (nSPS) is 14.9. The molecule has 3 aliphatic carbocycles. The van der Waals surface area contributed by atoms with Crippen molar-refractivity contribution in [3.05, 3.63) is 252 Å². The number of hydrogen-bond donors (Lipinski definition) is 0. The smallest absolute Gasteiger partial charge is 0.0538 e. The molecule has 1 unspecified atom stereocenters. The average Bonchev–Trinajstić information content (AvgIpc) is 3.85. The molecule has 0 bridgehead atoms. The van der Waals surface area contributed by atoms with E-state index in [1.54, 1.807) is 5.56 Å². The summed E-state index contributed by atoms with van der Waals surface area (Å²) >= 11 is 0. The van der Waals surface area contributed by atoms with Gasteiger partial charge in [0.1, 0.15) is 0 Å². The largest absolute Gasteiger partial charge is 0.313 e. The molecule has 2 nitrogen and oxygen atoms in total. The molecule has 0 spiro atoms. The second kappa shape index (κ2) is 15.4. The van der Waals surface area contributed by atoms with Crippen LogP contribution in [0.3, 0.4) is 0 Å². The van der Waals surface area contributed by atoms with Crippen molar-refractivity contribution >= 4 is 38.7 Å². The van der Waals surface area contributed by atoms with Gasteiger partial charge < -0.3 is 9.47 Å². The van der Waals surface area contributed by atoms with Gasteiger partial charge in [-0.3, -0.25) is 0 Å². The van der Waals surface area contributed by atoms with Gasteiger partial charge in [-0.1, -0.05) is 172 Å². The van der Waals surface area contributed by atoms with Crippen molar-refractivity contribution in [3.8, 4) is 61.3 Å². The Labute approximate surface area is 404 Å². The minimum absolute atomic E-state index is 0.225. The Morgan fingerprint density at radius 3 is 1.70 bits per heavy atom. The van der Waals surface area contributed by atoms with Crippen LogP contribution in [0.1, 0.15) is 54.1 Å². The third-order valence-electron chi connectivity index (χ3n) is 15.8. The summed E-state index contributed by atoms with van der Waals surface area (Å²) in [6, 6.07) is 83.7. The number of nitrogens with zero attached hydrogens (tertiary/aromatic N) is 2. The maximum absolute atomic E-state index is 2.57. The van der Waals surface area contributed by atoms with E-state index in [9.17, 15) is 0 Å². The highest BCUT2D eigenvalue weighted by Crippen LogP contribution is 2.54. The highest BCUT2D eigenvalue weighted by molar-refractivity contribution is 6.07. The van der Waals surface area contributed by atoms with Gasteiger partial charge in [-0.2, -0.15) is 0 Å². The summed E-state index contributed by atoms with van der Waals surface area (Å²) in [5.41, 5.74) is 25.8. The molecular weight excluding hydrogens is 833 g/mol. The zero-order valence-corrected chi connectivity index (χ0v) is 39.0. The Balaban J connectivity index is 0.869.